The number of rotatable bonds is 7. The lowest BCUT2D eigenvalue weighted by molar-refractivity contribution is 0.0133. The zero-order chi connectivity index (χ0) is 25.0. The molecular formula is C26H26F2N4O4. The number of halogens is 2. The minimum atomic E-state index is -1.06. The molecule has 0 amide bonds. The minimum absolute atomic E-state index is 0.0552. The van der Waals surface area contributed by atoms with Crippen molar-refractivity contribution in [1.29, 1.82) is 0 Å². The number of carboxylic acids is 1. The van der Waals surface area contributed by atoms with E-state index in [4.69, 9.17) is 14.4 Å². The Bertz CT molecular complexity index is 1270. The molecule has 36 heavy (non-hydrogen) atoms. The summed E-state index contributed by atoms with van der Waals surface area (Å²) in [5, 5.41) is 13.2. The number of ether oxygens (including phenoxy) is 1. The molecule has 3 aliphatic rings. The second-order valence-corrected chi connectivity index (χ2v) is 10.1. The van der Waals surface area contributed by atoms with Crippen molar-refractivity contribution in [3.05, 3.63) is 59.1 Å². The third-order valence-electron chi connectivity index (χ3n) is 7.64. The first-order valence-corrected chi connectivity index (χ1v) is 12.3. The highest BCUT2D eigenvalue weighted by atomic mass is 19.1. The number of hydrogen-bond donors (Lipinski definition) is 1. The summed E-state index contributed by atoms with van der Waals surface area (Å²) < 4.78 is 41.0. The Hall–Kier alpha value is -3.40. The predicted octanol–water partition coefficient (Wildman–Crippen LogP) is 4.95. The van der Waals surface area contributed by atoms with Crippen LogP contribution < -0.4 is 4.90 Å². The number of aromatic nitrogens is 3. The second kappa shape index (κ2) is 8.92. The standard InChI is InChI=1S/C26H26F2N4O4/c1-13-7-16-8-17(9-21(13)32(16)26-29-10-15(11-30-26)25(33)34)35-12-18-23(31-36-24(18)14-5-6-14)22-19(27)3-2-4-20(22)28/h2-4,10-11,13-14,16-17,21H,5-9,12H2,1H3,(H,33,34). The first-order valence-electron chi connectivity index (χ1n) is 12.3. The summed E-state index contributed by atoms with van der Waals surface area (Å²) in [6.07, 6.45) is 7.00. The Morgan fingerprint density at radius 3 is 2.53 bits per heavy atom. The monoisotopic (exact) mass is 496 g/mol. The van der Waals surface area contributed by atoms with Crippen molar-refractivity contribution >= 4 is 11.9 Å². The van der Waals surface area contributed by atoms with Crippen molar-refractivity contribution in [2.24, 2.45) is 5.92 Å². The lowest BCUT2D eigenvalue weighted by Gasteiger charge is -2.39. The van der Waals surface area contributed by atoms with Crippen LogP contribution in [0.25, 0.3) is 11.3 Å². The summed E-state index contributed by atoms with van der Waals surface area (Å²) in [7, 11) is 0. The number of fused-ring (bicyclic) bond motifs is 2. The molecule has 1 aliphatic carbocycles. The maximum atomic E-state index is 14.6. The smallest absolute Gasteiger partial charge is 0.338 e. The molecule has 4 atom stereocenters. The van der Waals surface area contributed by atoms with Gasteiger partial charge in [-0.2, -0.15) is 0 Å². The first-order chi connectivity index (χ1) is 17.4. The van der Waals surface area contributed by atoms with Crippen LogP contribution in [-0.2, 0) is 11.3 Å². The molecule has 1 saturated carbocycles. The molecule has 3 aromatic rings. The van der Waals surface area contributed by atoms with Crippen LogP contribution >= 0.6 is 0 Å². The van der Waals surface area contributed by atoms with Crippen LogP contribution in [0.3, 0.4) is 0 Å². The molecule has 2 saturated heterocycles. The number of carbonyl (C=O) groups is 1. The Morgan fingerprint density at radius 2 is 1.89 bits per heavy atom. The Balaban J connectivity index is 1.21. The van der Waals surface area contributed by atoms with Gasteiger partial charge in [0.2, 0.25) is 5.95 Å². The number of aromatic carboxylic acids is 1. The van der Waals surface area contributed by atoms with E-state index >= 15 is 0 Å². The maximum absolute atomic E-state index is 14.6. The van der Waals surface area contributed by atoms with E-state index in [1.54, 1.807) is 0 Å². The van der Waals surface area contributed by atoms with E-state index in [-0.39, 0.29) is 47.5 Å². The first kappa shape index (κ1) is 23.0. The van der Waals surface area contributed by atoms with Crippen LogP contribution in [0.4, 0.5) is 14.7 Å². The van der Waals surface area contributed by atoms with Gasteiger partial charge >= 0.3 is 5.97 Å². The molecule has 2 aromatic heterocycles. The molecule has 3 fully saturated rings. The van der Waals surface area contributed by atoms with Crippen molar-refractivity contribution in [1.82, 2.24) is 15.1 Å². The second-order valence-electron chi connectivity index (χ2n) is 10.1. The van der Waals surface area contributed by atoms with E-state index in [0.29, 0.717) is 23.2 Å². The van der Waals surface area contributed by atoms with Gasteiger partial charge < -0.3 is 19.3 Å². The highest BCUT2D eigenvalue weighted by molar-refractivity contribution is 5.86. The molecule has 188 valence electrons. The maximum Gasteiger partial charge on any atom is 0.338 e. The highest BCUT2D eigenvalue weighted by Gasteiger charge is 2.46. The average molecular weight is 497 g/mol. The summed E-state index contributed by atoms with van der Waals surface area (Å²) in [6, 6.07) is 4.07. The lowest BCUT2D eigenvalue weighted by atomic mass is 9.97. The summed E-state index contributed by atoms with van der Waals surface area (Å²) in [6.45, 7) is 2.36. The molecule has 2 bridgehead atoms. The summed E-state index contributed by atoms with van der Waals surface area (Å²) >= 11 is 0. The van der Waals surface area contributed by atoms with E-state index in [9.17, 15) is 13.6 Å². The predicted molar refractivity (Wildman–Crippen MR) is 124 cm³/mol. The topological polar surface area (TPSA) is 102 Å². The average Bonchev–Trinajstić information content (AvgIpc) is 3.58. The van der Waals surface area contributed by atoms with Gasteiger partial charge in [-0.1, -0.05) is 18.1 Å². The van der Waals surface area contributed by atoms with Crippen molar-refractivity contribution in [3.63, 3.8) is 0 Å². The van der Waals surface area contributed by atoms with Gasteiger partial charge in [0.1, 0.15) is 23.1 Å². The third kappa shape index (κ3) is 4.03. The number of benzene rings is 1. The van der Waals surface area contributed by atoms with Gasteiger partial charge in [0.25, 0.3) is 0 Å². The van der Waals surface area contributed by atoms with Gasteiger partial charge in [-0.3, -0.25) is 0 Å². The highest BCUT2D eigenvalue weighted by Crippen LogP contribution is 2.46. The van der Waals surface area contributed by atoms with Crippen LogP contribution in [0.2, 0.25) is 0 Å². The molecule has 6 rings (SSSR count). The fourth-order valence-corrected chi connectivity index (χ4v) is 5.73. The SMILES string of the molecule is CC1CC2CC(OCc3c(-c4c(F)cccc4F)noc3C3CC3)CC1N2c1ncc(C(=O)O)cn1. The quantitative estimate of drug-likeness (QED) is 0.490. The van der Waals surface area contributed by atoms with Crippen LogP contribution in [0.15, 0.2) is 35.1 Å². The van der Waals surface area contributed by atoms with E-state index in [2.05, 4.69) is 26.9 Å². The molecule has 4 heterocycles. The van der Waals surface area contributed by atoms with E-state index < -0.39 is 17.6 Å². The largest absolute Gasteiger partial charge is 0.478 e. The van der Waals surface area contributed by atoms with Crippen molar-refractivity contribution in [3.8, 4) is 11.3 Å². The van der Waals surface area contributed by atoms with Gasteiger partial charge in [0.15, 0.2) is 0 Å². The van der Waals surface area contributed by atoms with Gasteiger partial charge in [-0.05, 0) is 50.2 Å². The molecular weight excluding hydrogens is 470 g/mol. The number of carboxylic acid groups (broad SMARTS) is 1. The Morgan fingerprint density at radius 1 is 1.17 bits per heavy atom. The third-order valence-corrected chi connectivity index (χ3v) is 7.64. The lowest BCUT2D eigenvalue weighted by Crippen LogP contribution is -2.47. The van der Waals surface area contributed by atoms with Crippen molar-refractivity contribution < 1.29 is 27.9 Å². The van der Waals surface area contributed by atoms with Gasteiger partial charge in [0.05, 0.1) is 23.8 Å². The Labute approximate surface area is 206 Å². The van der Waals surface area contributed by atoms with Crippen LogP contribution in [0, 0.1) is 17.6 Å². The molecule has 2 aliphatic heterocycles. The summed E-state index contributed by atoms with van der Waals surface area (Å²) in [4.78, 5) is 22.0. The molecule has 4 unspecified atom stereocenters. The fraction of sp³-hybridized carbons (Fsp3) is 0.462. The van der Waals surface area contributed by atoms with Crippen LogP contribution in [0.5, 0.6) is 0 Å². The summed E-state index contributed by atoms with van der Waals surface area (Å²) in [5.74, 6) is -0.616. The zero-order valence-electron chi connectivity index (χ0n) is 19.7. The van der Waals surface area contributed by atoms with E-state index in [1.165, 1.54) is 30.6 Å². The van der Waals surface area contributed by atoms with Crippen molar-refractivity contribution in [2.45, 2.75) is 69.7 Å². The van der Waals surface area contributed by atoms with Gasteiger partial charge in [0, 0.05) is 36.0 Å². The normalized spacial score (nSPS) is 25.4. The number of nitrogens with zero attached hydrogens (tertiary/aromatic N) is 4. The molecule has 0 radical (unpaired) electrons. The van der Waals surface area contributed by atoms with Crippen molar-refractivity contribution in [2.75, 3.05) is 4.90 Å². The van der Waals surface area contributed by atoms with E-state index in [1.807, 2.05) is 0 Å². The van der Waals surface area contributed by atoms with Gasteiger partial charge in [-0.25, -0.2) is 23.5 Å². The summed E-state index contributed by atoms with van der Waals surface area (Å²) in [5.41, 5.74) is 0.668. The zero-order valence-corrected chi connectivity index (χ0v) is 19.7. The van der Waals surface area contributed by atoms with Crippen LogP contribution in [0.1, 0.15) is 66.6 Å². The fourth-order valence-electron chi connectivity index (χ4n) is 5.73. The number of anilines is 1. The molecule has 1 aromatic carbocycles. The molecule has 8 nitrogen and oxygen atoms in total. The van der Waals surface area contributed by atoms with E-state index in [0.717, 1.165) is 32.1 Å². The number of hydrogen-bond acceptors (Lipinski definition) is 7. The van der Waals surface area contributed by atoms with Gasteiger partial charge in [-0.15, -0.1) is 0 Å². The minimum Gasteiger partial charge on any atom is -0.478 e. The molecule has 1 N–H and O–H groups in total. The number of piperidine rings is 1. The van der Waals surface area contributed by atoms with Crippen LogP contribution in [-0.4, -0.2) is 44.4 Å². The molecule has 0 spiro atoms. The molecule has 10 heteroatoms. The Kier molecular flexibility index (Phi) is 5.70.